The molecule has 1 aromatic rings. The van der Waals surface area contributed by atoms with Crippen molar-refractivity contribution >= 4 is 27.3 Å². The van der Waals surface area contributed by atoms with E-state index in [-0.39, 0.29) is 0 Å². The van der Waals surface area contributed by atoms with Crippen molar-refractivity contribution in [3.05, 3.63) is 20.8 Å². The van der Waals surface area contributed by atoms with E-state index in [4.69, 9.17) is 0 Å². The average molecular weight is 316 g/mol. The van der Waals surface area contributed by atoms with E-state index in [2.05, 4.69) is 39.6 Å². The first-order valence-electron chi connectivity index (χ1n) is 6.75. The van der Waals surface area contributed by atoms with Crippen molar-refractivity contribution in [1.82, 2.24) is 5.32 Å². The summed E-state index contributed by atoms with van der Waals surface area (Å²) >= 11 is 5.38. The van der Waals surface area contributed by atoms with E-state index >= 15 is 0 Å². The summed E-state index contributed by atoms with van der Waals surface area (Å²) in [5, 5.41) is 5.98. The summed E-state index contributed by atoms with van der Waals surface area (Å²) in [4.78, 5) is 1.44. The Bertz CT molecular complexity index is 329. The molecule has 1 N–H and O–H groups in total. The lowest BCUT2D eigenvalue weighted by Crippen LogP contribution is -2.31. The van der Waals surface area contributed by atoms with Gasteiger partial charge in [0.15, 0.2) is 0 Å². The van der Waals surface area contributed by atoms with Crippen molar-refractivity contribution in [1.29, 1.82) is 0 Å². The van der Waals surface area contributed by atoms with E-state index in [1.54, 1.807) is 0 Å². The molecule has 0 spiro atoms. The maximum atomic E-state index is 3.81. The molecule has 96 valence electrons. The number of hydrogen-bond donors (Lipinski definition) is 1. The zero-order valence-electron chi connectivity index (χ0n) is 10.5. The molecule has 1 nitrogen and oxygen atoms in total. The minimum absolute atomic E-state index is 0.496. The van der Waals surface area contributed by atoms with Gasteiger partial charge in [-0.2, -0.15) is 0 Å². The SMILES string of the molecule is CC(NC1CCCCCCC1)c1cc(Br)cs1. The molecule has 1 fully saturated rings. The highest BCUT2D eigenvalue weighted by Crippen LogP contribution is 2.27. The van der Waals surface area contributed by atoms with Crippen molar-refractivity contribution in [2.24, 2.45) is 0 Å². The van der Waals surface area contributed by atoms with Gasteiger partial charge in [-0.15, -0.1) is 11.3 Å². The van der Waals surface area contributed by atoms with E-state index in [1.807, 2.05) is 11.3 Å². The van der Waals surface area contributed by atoms with E-state index in [0.717, 1.165) is 6.04 Å². The van der Waals surface area contributed by atoms with Gasteiger partial charge in [0.1, 0.15) is 0 Å². The molecular weight excluding hydrogens is 294 g/mol. The Hall–Kier alpha value is 0.140. The van der Waals surface area contributed by atoms with E-state index in [1.165, 1.54) is 54.3 Å². The molecule has 3 heteroatoms. The summed E-state index contributed by atoms with van der Waals surface area (Å²) < 4.78 is 1.21. The van der Waals surface area contributed by atoms with Crippen molar-refractivity contribution < 1.29 is 0 Å². The van der Waals surface area contributed by atoms with Crippen LogP contribution in [0, 0.1) is 0 Å². The van der Waals surface area contributed by atoms with Crippen LogP contribution in [0.3, 0.4) is 0 Å². The highest BCUT2D eigenvalue weighted by molar-refractivity contribution is 9.10. The Balaban J connectivity index is 1.85. The van der Waals surface area contributed by atoms with Crippen molar-refractivity contribution in [2.45, 2.75) is 64.0 Å². The van der Waals surface area contributed by atoms with Gasteiger partial charge in [-0.1, -0.05) is 32.1 Å². The van der Waals surface area contributed by atoms with Crippen LogP contribution in [0.25, 0.3) is 0 Å². The second-order valence-electron chi connectivity index (χ2n) is 5.10. The lowest BCUT2D eigenvalue weighted by molar-refractivity contribution is 0.364. The standard InChI is InChI=1S/C14H22BrNS/c1-11(14-9-12(15)10-17-14)16-13-7-5-3-2-4-6-8-13/h9-11,13,16H,2-8H2,1H3. The van der Waals surface area contributed by atoms with Crippen LogP contribution in [-0.2, 0) is 0 Å². The molecule has 1 saturated carbocycles. The van der Waals surface area contributed by atoms with Crippen LogP contribution in [-0.4, -0.2) is 6.04 Å². The summed E-state index contributed by atoms with van der Waals surface area (Å²) in [5.74, 6) is 0. The molecule has 0 aliphatic heterocycles. The molecule has 0 radical (unpaired) electrons. The van der Waals surface area contributed by atoms with E-state index in [0.29, 0.717) is 6.04 Å². The van der Waals surface area contributed by atoms with Gasteiger partial charge < -0.3 is 5.32 Å². The molecule has 1 atom stereocenters. The largest absolute Gasteiger partial charge is 0.307 e. The highest BCUT2D eigenvalue weighted by atomic mass is 79.9. The maximum Gasteiger partial charge on any atom is 0.0388 e. The molecule has 1 aliphatic rings. The fourth-order valence-electron chi connectivity index (χ4n) is 2.61. The number of nitrogens with one attached hydrogen (secondary N) is 1. The Kier molecular flexibility index (Phi) is 5.51. The fraction of sp³-hybridized carbons (Fsp3) is 0.714. The third-order valence-electron chi connectivity index (χ3n) is 3.61. The van der Waals surface area contributed by atoms with Crippen molar-refractivity contribution in [2.75, 3.05) is 0 Å². The highest BCUT2D eigenvalue weighted by Gasteiger charge is 2.15. The van der Waals surface area contributed by atoms with Crippen molar-refractivity contribution in [3.63, 3.8) is 0 Å². The van der Waals surface area contributed by atoms with Gasteiger partial charge in [0.25, 0.3) is 0 Å². The Morgan fingerprint density at radius 1 is 1.24 bits per heavy atom. The summed E-state index contributed by atoms with van der Waals surface area (Å²) in [6.45, 7) is 2.29. The first kappa shape index (κ1) is 13.6. The lowest BCUT2D eigenvalue weighted by Gasteiger charge is -2.24. The predicted molar refractivity (Wildman–Crippen MR) is 79.7 cm³/mol. The minimum atomic E-state index is 0.496. The first-order valence-corrected chi connectivity index (χ1v) is 8.43. The third-order valence-corrected chi connectivity index (χ3v) is 5.48. The van der Waals surface area contributed by atoms with Crippen molar-refractivity contribution in [3.8, 4) is 0 Å². The molecule has 0 saturated heterocycles. The van der Waals surface area contributed by atoms with Gasteiger partial charge in [0.05, 0.1) is 0 Å². The molecule has 1 unspecified atom stereocenters. The van der Waals surface area contributed by atoms with Gasteiger partial charge in [-0.25, -0.2) is 0 Å². The van der Waals surface area contributed by atoms with Gasteiger partial charge >= 0.3 is 0 Å². The van der Waals surface area contributed by atoms with Gasteiger partial charge in [-0.05, 0) is 41.8 Å². The summed E-state index contributed by atoms with van der Waals surface area (Å²) in [6.07, 6.45) is 9.82. The zero-order valence-corrected chi connectivity index (χ0v) is 12.9. The van der Waals surface area contributed by atoms with Gasteiger partial charge in [0, 0.05) is 26.8 Å². The zero-order chi connectivity index (χ0) is 12.1. The maximum absolute atomic E-state index is 3.81. The molecule has 17 heavy (non-hydrogen) atoms. The number of halogens is 1. The predicted octanol–water partition coefficient (Wildman–Crippen LogP) is 5.27. The Labute approximate surface area is 117 Å². The van der Waals surface area contributed by atoms with Crippen LogP contribution < -0.4 is 5.32 Å². The first-order chi connectivity index (χ1) is 8.25. The second kappa shape index (κ2) is 6.91. The van der Waals surface area contributed by atoms with E-state index in [9.17, 15) is 0 Å². The minimum Gasteiger partial charge on any atom is -0.307 e. The van der Waals surface area contributed by atoms with Crippen LogP contribution in [0.4, 0.5) is 0 Å². The summed E-state index contributed by atoms with van der Waals surface area (Å²) in [5.41, 5.74) is 0. The van der Waals surface area contributed by atoms with Crippen LogP contribution in [0.15, 0.2) is 15.9 Å². The van der Waals surface area contributed by atoms with Crippen LogP contribution in [0.2, 0.25) is 0 Å². The van der Waals surface area contributed by atoms with Gasteiger partial charge in [0.2, 0.25) is 0 Å². The van der Waals surface area contributed by atoms with Crippen LogP contribution >= 0.6 is 27.3 Å². The normalized spacial score (nSPS) is 20.8. The van der Waals surface area contributed by atoms with Gasteiger partial charge in [-0.3, -0.25) is 0 Å². The molecule has 1 aliphatic carbocycles. The Morgan fingerprint density at radius 3 is 2.47 bits per heavy atom. The Morgan fingerprint density at radius 2 is 1.88 bits per heavy atom. The second-order valence-corrected chi connectivity index (χ2v) is 6.96. The smallest absolute Gasteiger partial charge is 0.0388 e. The molecule has 0 bridgehead atoms. The van der Waals surface area contributed by atoms with Crippen LogP contribution in [0.5, 0.6) is 0 Å². The third kappa shape index (κ3) is 4.38. The molecule has 2 rings (SSSR count). The molecule has 1 aromatic heterocycles. The topological polar surface area (TPSA) is 12.0 Å². The molecule has 0 aromatic carbocycles. The monoisotopic (exact) mass is 315 g/mol. The number of hydrogen-bond acceptors (Lipinski definition) is 2. The van der Waals surface area contributed by atoms with Crippen LogP contribution in [0.1, 0.15) is 62.8 Å². The molecule has 0 amide bonds. The lowest BCUT2D eigenvalue weighted by atomic mass is 9.96. The summed E-state index contributed by atoms with van der Waals surface area (Å²) in [6, 6.07) is 3.47. The number of rotatable bonds is 3. The summed E-state index contributed by atoms with van der Waals surface area (Å²) in [7, 11) is 0. The van der Waals surface area contributed by atoms with E-state index < -0.39 is 0 Å². The fourth-order valence-corrected chi connectivity index (χ4v) is 4.08. The number of thiophene rings is 1. The molecule has 1 heterocycles. The molecular formula is C14H22BrNS. The average Bonchev–Trinajstić information content (AvgIpc) is 2.68. The quantitative estimate of drug-likeness (QED) is 0.800.